The Balaban J connectivity index is 1.47. The van der Waals surface area contributed by atoms with Gasteiger partial charge in [0.1, 0.15) is 0 Å². The molecule has 0 unspecified atom stereocenters. The highest BCUT2D eigenvalue weighted by Crippen LogP contribution is 2.15. The van der Waals surface area contributed by atoms with Gasteiger partial charge in [-0.3, -0.25) is 19.1 Å². The minimum Gasteiger partial charge on any atom is -0.352 e. The van der Waals surface area contributed by atoms with Crippen LogP contribution in [-0.4, -0.2) is 20.4 Å². The van der Waals surface area contributed by atoms with Gasteiger partial charge in [0.15, 0.2) is 4.77 Å². The van der Waals surface area contributed by atoms with Crippen molar-refractivity contribution in [3.63, 3.8) is 0 Å². The molecule has 0 saturated heterocycles. The Morgan fingerprint density at radius 1 is 1.25 bits per heavy atom. The van der Waals surface area contributed by atoms with Crippen LogP contribution < -0.4 is 10.9 Å². The zero-order valence-electron chi connectivity index (χ0n) is 15.3. The second-order valence-electron chi connectivity index (χ2n) is 6.53. The van der Waals surface area contributed by atoms with Crippen molar-refractivity contribution >= 4 is 45.0 Å². The highest BCUT2D eigenvalue weighted by molar-refractivity contribution is 9.10. The van der Waals surface area contributed by atoms with Gasteiger partial charge in [-0.15, -0.1) is 0 Å². The highest BCUT2D eigenvalue weighted by atomic mass is 79.9. The van der Waals surface area contributed by atoms with Crippen molar-refractivity contribution < 1.29 is 4.79 Å². The van der Waals surface area contributed by atoms with Crippen LogP contribution in [0.2, 0.25) is 0 Å². The van der Waals surface area contributed by atoms with Gasteiger partial charge in [-0.2, -0.15) is 0 Å². The molecule has 0 spiro atoms. The molecule has 2 aromatic heterocycles. The molecule has 0 aliphatic carbocycles. The molecule has 2 N–H and O–H groups in total. The maximum Gasteiger partial charge on any atom is 0.262 e. The lowest BCUT2D eigenvalue weighted by Gasteiger charge is -2.09. The van der Waals surface area contributed by atoms with E-state index in [1.807, 2.05) is 24.3 Å². The van der Waals surface area contributed by atoms with Gasteiger partial charge in [0, 0.05) is 36.4 Å². The van der Waals surface area contributed by atoms with Crippen LogP contribution in [-0.2, 0) is 17.9 Å². The van der Waals surface area contributed by atoms with Gasteiger partial charge < -0.3 is 10.3 Å². The van der Waals surface area contributed by atoms with Crippen molar-refractivity contribution in [1.29, 1.82) is 0 Å². The molecular weight excluding hydrogens is 440 g/mol. The third-order valence-electron chi connectivity index (χ3n) is 4.44. The Morgan fingerprint density at radius 2 is 2.11 bits per heavy atom. The predicted molar refractivity (Wildman–Crippen MR) is 116 cm³/mol. The molecule has 6 nitrogen and oxygen atoms in total. The lowest BCUT2D eigenvalue weighted by atomic mass is 10.2. The first kappa shape index (κ1) is 20.4. The van der Waals surface area contributed by atoms with Crippen molar-refractivity contribution in [3.8, 4) is 0 Å². The molecule has 0 bridgehead atoms. The lowest BCUT2D eigenvalue weighted by molar-refractivity contribution is -0.121. The highest BCUT2D eigenvalue weighted by Gasteiger charge is 2.07. The Hall–Kier alpha value is -2.32. The summed E-state index contributed by atoms with van der Waals surface area (Å²) >= 11 is 8.72. The van der Waals surface area contributed by atoms with Crippen molar-refractivity contribution in [2.75, 3.05) is 0 Å². The number of pyridine rings is 1. The summed E-state index contributed by atoms with van der Waals surface area (Å²) < 4.78 is 2.87. The van der Waals surface area contributed by atoms with Crippen molar-refractivity contribution in [3.05, 3.63) is 67.9 Å². The number of aromatic nitrogens is 3. The number of halogens is 1. The number of carbonyl (C=O) groups is 1. The van der Waals surface area contributed by atoms with Gasteiger partial charge in [0.25, 0.3) is 5.56 Å². The van der Waals surface area contributed by atoms with E-state index in [2.05, 4.69) is 31.2 Å². The molecular formula is C20H21BrN4O2S. The van der Waals surface area contributed by atoms with Crippen LogP contribution in [0.4, 0.5) is 0 Å². The molecule has 3 rings (SSSR count). The number of benzene rings is 1. The Kier molecular flexibility index (Phi) is 7.11. The average Bonchev–Trinajstić information content (AvgIpc) is 2.70. The summed E-state index contributed by atoms with van der Waals surface area (Å²) in [5.74, 6) is 0.0221. The summed E-state index contributed by atoms with van der Waals surface area (Å²) in [6.45, 7) is 1.03. The molecule has 0 aliphatic rings. The summed E-state index contributed by atoms with van der Waals surface area (Å²) in [6.07, 6.45) is 6.31. The van der Waals surface area contributed by atoms with E-state index >= 15 is 0 Å². The van der Waals surface area contributed by atoms with Crippen molar-refractivity contribution in [2.45, 2.75) is 38.8 Å². The van der Waals surface area contributed by atoms with Crippen LogP contribution in [0.5, 0.6) is 0 Å². The van der Waals surface area contributed by atoms with Crippen LogP contribution in [0.25, 0.3) is 10.9 Å². The molecule has 3 aromatic rings. The van der Waals surface area contributed by atoms with Gasteiger partial charge >= 0.3 is 0 Å². The van der Waals surface area contributed by atoms with E-state index in [9.17, 15) is 9.59 Å². The largest absolute Gasteiger partial charge is 0.352 e. The number of rotatable bonds is 8. The molecule has 28 heavy (non-hydrogen) atoms. The van der Waals surface area contributed by atoms with E-state index in [1.165, 1.54) is 0 Å². The van der Waals surface area contributed by atoms with E-state index in [0.717, 1.165) is 34.8 Å². The minimum atomic E-state index is -0.0886. The molecule has 8 heteroatoms. The Bertz CT molecular complexity index is 1080. The number of H-pyrrole nitrogens is 1. The number of aromatic amines is 1. The fourth-order valence-electron chi connectivity index (χ4n) is 2.95. The zero-order valence-corrected chi connectivity index (χ0v) is 17.7. The molecule has 146 valence electrons. The van der Waals surface area contributed by atoms with E-state index in [4.69, 9.17) is 12.2 Å². The first-order valence-corrected chi connectivity index (χ1v) is 10.3. The first-order chi connectivity index (χ1) is 13.5. The molecule has 1 amide bonds. The normalized spacial score (nSPS) is 10.9. The zero-order chi connectivity index (χ0) is 19.9. The van der Waals surface area contributed by atoms with E-state index in [0.29, 0.717) is 29.7 Å². The van der Waals surface area contributed by atoms with Gasteiger partial charge in [-0.05, 0) is 54.9 Å². The van der Waals surface area contributed by atoms with Crippen LogP contribution in [0.1, 0.15) is 31.2 Å². The molecule has 2 heterocycles. The molecule has 0 radical (unpaired) electrons. The minimum absolute atomic E-state index is 0.0221. The molecule has 0 fully saturated rings. The summed E-state index contributed by atoms with van der Waals surface area (Å²) in [5, 5.41) is 3.50. The molecule has 0 saturated carbocycles. The summed E-state index contributed by atoms with van der Waals surface area (Å²) in [4.78, 5) is 31.7. The number of carbonyl (C=O) groups excluding carboxylic acids is 1. The summed E-state index contributed by atoms with van der Waals surface area (Å²) in [6, 6.07) is 9.28. The van der Waals surface area contributed by atoms with Crippen LogP contribution in [0.15, 0.2) is 52.0 Å². The van der Waals surface area contributed by atoms with E-state index in [1.54, 1.807) is 23.0 Å². The second-order valence-corrected chi connectivity index (χ2v) is 7.83. The van der Waals surface area contributed by atoms with Gasteiger partial charge in [-0.1, -0.05) is 28.4 Å². The second kappa shape index (κ2) is 9.75. The number of amides is 1. The smallest absolute Gasteiger partial charge is 0.262 e. The van der Waals surface area contributed by atoms with Crippen LogP contribution in [0.3, 0.4) is 0 Å². The topological polar surface area (TPSA) is 79.8 Å². The number of fused-ring (bicyclic) bond motifs is 1. The fraction of sp³-hybridized carbons (Fsp3) is 0.300. The monoisotopic (exact) mass is 460 g/mol. The molecule has 0 aliphatic heterocycles. The predicted octanol–water partition coefficient (Wildman–Crippen LogP) is 4.09. The third-order valence-corrected chi connectivity index (χ3v) is 5.26. The number of hydrogen-bond donors (Lipinski definition) is 2. The SMILES string of the molecule is O=C(CCCCCn1c(=S)[nH]c2ccc(Br)cc2c1=O)NCc1cccnc1. The number of unbranched alkanes of at least 4 members (excludes halogenated alkanes) is 2. The van der Waals surface area contributed by atoms with Crippen LogP contribution >= 0.6 is 28.1 Å². The first-order valence-electron chi connectivity index (χ1n) is 9.12. The van der Waals surface area contributed by atoms with Gasteiger partial charge in [-0.25, -0.2) is 0 Å². The molecule has 1 aromatic carbocycles. The average molecular weight is 461 g/mol. The number of hydrogen-bond acceptors (Lipinski definition) is 4. The van der Waals surface area contributed by atoms with Gasteiger partial charge in [0.2, 0.25) is 5.91 Å². The summed E-state index contributed by atoms with van der Waals surface area (Å²) in [7, 11) is 0. The Labute approximate surface area is 176 Å². The maximum absolute atomic E-state index is 12.7. The van der Waals surface area contributed by atoms with Crippen molar-refractivity contribution in [2.24, 2.45) is 0 Å². The number of nitrogens with one attached hydrogen (secondary N) is 2. The van der Waals surface area contributed by atoms with Crippen molar-refractivity contribution in [1.82, 2.24) is 19.9 Å². The van der Waals surface area contributed by atoms with E-state index in [-0.39, 0.29) is 11.5 Å². The lowest BCUT2D eigenvalue weighted by Crippen LogP contribution is -2.23. The van der Waals surface area contributed by atoms with Crippen LogP contribution in [0, 0.1) is 4.77 Å². The summed E-state index contributed by atoms with van der Waals surface area (Å²) in [5.41, 5.74) is 1.63. The quantitative estimate of drug-likeness (QED) is 0.391. The Morgan fingerprint density at radius 3 is 2.89 bits per heavy atom. The number of nitrogens with zero attached hydrogens (tertiary/aromatic N) is 2. The maximum atomic E-state index is 12.7. The van der Waals surface area contributed by atoms with Gasteiger partial charge in [0.05, 0.1) is 10.9 Å². The third kappa shape index (κ3) is 5.36. The fourth-order valence-corrected chi connectivity index (χ4v) is 3.60. The van der Waals surface area contributed by atoms with E-state index < -0.39 is 0 Å². The molecule has 0 atom stereocenters. The standard InChI is InChI=1S/C20H21BrN4O2S/c21-15-7-8-17-16(11-15)19(27)25(20(28)24-17)10-3-1-2-6-18(26)23-13-14-5-4-9-22-12-14/h4-5,7-9,11-12H,1-3,6,10,13H2,(H,23,26)(H,24,28).